The smallest absolute Gasteiger partial charge is 0.350 e. The third-order valence-electron chi connectivity index (χ3n) is 5.98. The van der Waals surface area contributed by atoms with Crippen molar-refractivity contribution in [3.8, 4) is 0 Å². The van der Waals surface area contributed by atoms with E-state index in [9.17, 15) is 9.59 Å². The third-order valence-corrected chi connectivity index (χ3v) is 5.98. The van der Waals surface area contributed by atoms with Gasteiger partial charge < -0.3 is 16.5 Å². The van der Waals surface area contributed by atoms with Crippen molar-refractivity contribution >= 4 is 16.6 Å². The molecule has 2 aliphatic rings. The van der Waals surface area contributed by atoms with Crippen LogP contribution in [0.25, 0.3) is 10.9 Å². The zero-order valence-electron chi connectivity index (χ0n) is 15.7. The van der Waals surface area contributed by atoms with E-state index >= 15 is 4.39 Å². The van der Waals surface area contributed by atoms with E-state index in [1.807, 2.05) is 18.7 Å². The van der Waals surface area contributed by atoms with Crippen LogP contribution in [0.2, 0.25) is 0 Å². The topological polar surface area (TPSA) is 99.3 Å². The molecule has 1 aliphatic carbocycles. The first-order valence-corrected chi connectivity index (χ1v) is 9.63. The van der Waals surface area contributed by atoms with Crippen molar-refractivity contribution in [3.05, 3.63) is 38.3 Å². The fourth-order valence-electron chi connectivity index (χ4n) is 4.32. The molecule has 1 saturated carbocycles. The van der Waals surface area contributed by atoms with Crippen LogP contribution in [-0.2, 0) is 6.42 Å². The van der Waals surface area contributed by atoms with Crippen molar-refractivity contribution in [1.82, 2.24) is 9.24 Å². The van der Waals surface area contributed by atoms with Gasteiger partial charge in [-0.1, -0.05) is 6.92 Å². The first-order chi connectivity index (χ1) is 12.8. The molecule has 0 amide bonds. The van der Waals surface area contributed by atoms with Gasteiger partial charge in [0.25, 0.3) is 5.56 Å². The van der Waals surface area contributed by atoms with Gasteiger partial charge >= 0.3 is 5.69 Å². The average molecular weight is 375 g/mol. The van der Waals surface area contributed by atoms with Crippen LogP contribution >= 0.6 is 0 Å². The molecule has 1 saturated heterocycles. The summed E-state index contributed by atoms with van der Waals surface area (Å²) in [6.45, 7) is 5.28. The molecule has 7 nitrogen and oxygen atoms in total. The Bertz CT molecular complexity index is 1020. The molecule has 4 N–H and O–H groups in total. The number of halogens is 1. The van der Waals surface area contributed by atoms with E-state index in [1.54, 1.807) is 4.57 Å². The molecule has 1 aliphatic heterocycles. The lowest BCUT2D eigenvalue weighted by Gasteiger charge is -2.25. The van der Waals surface area contributed by atoms with Gasteiger partial charge in [0.15, 0.2) is 0 Å². The van der Waals surface area contributed by atoms with Crippen LogP contribution in [0.1, 0.15) is 44.7 Å². The minimum atomic E-state index is -0.651. The number of anilines is 1. The van der Waals surface area contributed by atoms with Crippen molar-refractivity contribution in [2.75, 3.05) is 23.8 Å². The number of nitrogens with zero attached hydrogens (tertiary/aromatic N) is 3. The Labute approximate surface area is 156 Å². The Morgan fingerprint density at radius 2 is 2.00 bits per heavy atom. The van der Waals surface area contributed by atoms with E-state index < -0.39 is 17.1 Å². The molecular formula is C19H26FN5O2. The Kier molecular flexibility index (Phi) is 4.25. The standard InChI is InChI=1S/C19H26FN5O2/c1-3-13-16-14(18(26)25(22)19(27)24(16)12-4-5-12)8-15(20)17(13)23-7-6-11(9-23)10(2)21/h8,10-12H,3-7,9,21-22H2,1-2H3. The van der Waals surface area contributed by atoms with Crippen LogP contribution in [0.5, 0.6) is 0 Å². The summed E-state index contributed by atoms with van der Waals surface area (Å²) in [6, 6.07) is 1.31. The lowest BCUT2D eigenvalue weighted by atomic mass is 10.0. The number of aryl methyl sites for hydroxylation is 1. The minimum absolute atomic E-state index is 0.0226. The Hall–Kier alpha value is -2.35. The zero-order valence-corrected chi connectivity index (χ0v) is 15.7. The van der Waals surface area contributed by atoms with Crippen LogP contribution in [0.4, 0.5) is 10.1 Å². The zero-order chi connectivity index (χ0) is 19.5. The Morgan fingerprint density at radius 1 is 1.30 bits per heavy atom. The molecule has 2 fully saturated rings. The predicted molar refractivity (Wildman–Crippen MR) is 104 cm³/mol. The van der Waals surface area contributed by atoms with Gasteiger partial charge in [0.1, 0.15) is 5.82 Å². The summed E-state index contributed by atoms with van der Waals surface area (Å²) in [5.74, 6) is 5.55. The van der Waals surface area contributed by atoms with Crippen molar-refractivity contribution in [3.63, 3.8) is 0 Å². The number of benzene rings is 1. The second-order valence-electron chi connectivity index (χ2n) is 7.85. The summed E-state index contributed by atoms with van der Waals surface area (Å²) in [5, 5.41) is 0.171. The highest BCUT2D eigenvalue weighted by atomic mass is 19.1. The molecule has 2 atom stereocenters. The maximum Gasteiger partial charge on any atom is 0.350 e. The molecule has 4 rings (SSSR count). The van der Waals surface area contributed by atoms with Gasteiger partial charge in [0, 0.05) is 30.7 Å². The molecule has 2 unspecified atom stereocenters. The number of nitrogens with two attached hydrogens (primary N) is 2. The van der Waals surface area contributed by atoms with Gasteiger partial charge in [-0.3, -0.25) is 9.36 Å². The molecule has 8 heteroatoms. The monoisotopic (exact) mass is 375 g/mol. The molecule has 1 aromatic heterocycles. The van der Waals surface area contributed by atoms with Crippen LogP contribution in [-0.4, -0.2) is 28.4 Å². The van der Waals surface area contributed by atoms with E-state index in [4.69, 9.17) is 11.6 Å². The van der Waals surface area contributed by atoms with Gasteiger partial charge in [-0.15, -0.1) is 0 Å². The summed E-state index contributed by atoms with van der Waals surface area (Å²) in [6.07, 6.45) is 3.14. The first-order valence-electron chi connectivity index (χ1n) is 9.63. The summed E-state index contributed by atoms with van der Waals surface area (Å²) in [7, 11) is 0. The van der Waals surface area contributed by atoms with Crippen LogP contribution in [0, 0.1) is 11.7 Å². The van der Waals surface area contributed by atoms with Gasteiger partial charge in [-0.05, 0) is 44.6 Å². The summed E-state index contributed by atoms with van der Waals surface area (Å²) in [5.41, 5.74) is 6.60. The van der Waals surface area contributed by atoms with Crippen molar-refractivity contribution < 1.29 is 4.39 Å². The molecular weight excluding hydrogens is 349 g/mol. The number of aromatic nitrogens is 2. The van der Waals surface area contributed by atoms with Gasteiger partial charge in [0.05, 0.1) is 16.6 Å². The quantitative estimate of drug-likeness (QED) is 0.780. The molecule has 1 aromatic carbocycles. The summed E-state index contributed by atoms with van der Waals surface area (Å²) >= 11 is 0. The van der Waals surface area contributed by atoms with E-state index in [-0.39, 0.29) is 17.5 Å². The van der Waals surface area contributed by atoms with Crippen molar-refractivity contribution in [2.24, 2.45) is 11.7 Å². The molecule has 27 heavy (non-hydrogen) atoms. The lowest BCUT2D eigenvalue weighted by Crippen LogP contribution is -2.45. The van der Waals surface area contributed by atoms with E-state index in [1.165, 1.54) is 6.07 Å². The normalized spacial score (nSPS) is 21.2. The number of hydrogen-bond acceptors (Lipinski definition) is 5. The predicted octanol–water partition coefficient (Wildman–Crippen LogP) is 1.09. The highest BCUT2D eigenvalue weighted by molar-refractivity contribution is 5.87. The van der Waals surface area contributed by atoms with E-state index in [2.05, 4.69) is 0 Å². The summed E-state index contributed by atoms with van der Waals surface area (Å²) < 4.78 is 17.4. The number of rotatable bonds is 4. The van der Waals surface area contributed by atoms with Crippen LogP contribution in [0.3, 0.4) is 0 Å². The number of fused-ring (bicyclic) bond motifs is 1. The average Bonchev–Trinajstić information content (AvgIpc) is 3.35. The molecule has 0 radical (unpaired) electrons. The second kappa shape index (κ2) is 6.37. The third kappa shape index (κ3) is 2.74. The minimum Gasteiger partial charge on any atom is -0.369 e. The van der Waals surface area contributed by atoms with Gasteiger partial charge in [-0.2, -0.15) is 4.68 Å². The fourth-order valence-corrected chi connectivity index (χ4v) is 4.32. The van der Waals surface area contributed by atoms with E-state index in [0.29, 0.717) is 46.9 Å². The Balaban J connectivity index is 2.01. The van der Waals surface area contributed by atoms with Gasteiger partial charge in [-0.25, -0.2) is 9.18 Å². The summed E-state index contributed by atoms with van der Waals surface area (Å²) in [4.78, 5) is 27.3. The highest BCUT2D eigenvalue weighted by Crippen LogP contribution is 2.39. The second-order valence-corrected chi connectivity index (χ2v) is 7.85. The number of nitrogen functional groups attached to an aromatic ring is 1. The lowest BCUT2D eigenvalue weighted by molar-refractivity contribution is 0.487. The number of hydrogen-bond donors (Lipinski definition) is 2. The van der Waals surface area contributed by atoms with Crippen LogP contribution < -0.4 is 27.7 Å². The SMILES string of the molecule is CCc1c(N2CCC(C(C)N)C2)c(F)cc2c(=O)n(N)c(=O)n(C3CC3)c12. The maximum atomic E-state index is 15.2. The maximum absolute atomic E-state index is 15.2. The van der Waals surface area contributed by atoms with E-state index in [0.717, 1.165) is 19.3 Å². The molecule has 2 aromatic rings. The molecule has 0 bridgehead atoms. The fraction of sp³-hybridized carbons (Fsp3) is 0.579. The molecule has 2 heterocycles. The van der Waals surface area contributed by atoms with Gasteiger partial charge in [0.2, 0.25) is 0 Å². The van der Waals surface area contributed by atoms with Crippen molar-refractivity contribution in [1.29, 1.82) is 0 Å². The largest absolute Gasteiger partial charge is 0.369 e. The van der Waals surface area contributed by atoms with Crippen LogP contribution in [0.15, 0.2) is 15.7 Å². The first kappa shape index (κ1) is 18.0. The highest BCUT2D eigenvalue weighted by Gasteiger charge is 2.33. The van der Waals surface area contributed by atoms with Crippen molar-refractivity contribution in [2.45, 2.75) is 51.6 Å². The Morgan fingerprint density at radius 3 is 2.56 bits per heavy atom. The molecule has 0 spiro atoms. The molecule has 146 valence electrons.